The van der Waals surface area contributed by atoms with Crippen LogP contribution in [0.4, 0.5) is 0 Å². The van der Waals surface area contributed by atoms with E-state index in [-0.39, 0.29) is 6.04 Å². The molecule has 0 spiro atoms. The third-order valence-electron chi connectivity index (χ3n) is 3.35. The molecule has 1 aromatic heterocycles. The molecule has 0 unspecified atom stereocenters. The lowest BCUT2D eigenvalue weighted by Gasteiger charge is -2.16. The normalized spacial score (nSPS) is 12.7. The lowest BCUT2D eigenvalue weighted by atomic mass is 10.1. The minimum absolute atomic E-state index is 0.131. The first kappa shape index (κ1) is 15.4. The van der Waals surface area contributed by atoms with Crippen LogP contribution < -0.4 is 5.32 Å². The molecule has 1 heterocycles. The van der Waals surface area contributed by atoms with Crippen molar-refractivity contribution < 1.29 is 0 Å². The number of halogens is 2. The second-order valence-electron chi connectivity index (χ2n) is 4.90. The van der Waals surface area contributed by atoms with Gasteiger partial charge in [0.05, 0.1) is 5.69 Å². The lowest BCUT2D eigenvalue weighted by molar-refractivity contribution is 0.572. The number of rotatable bonds is 5. The molecule has 1 aromatic carbocycles. The number of nitrogens with one attached hydrogen (secondary N) is 1. The van der Waals surface area contributed by atoms with Crippen molar-refractivity contribution in [1.82, 2.24) is 15.1 Å². The van der Waals surface area contributed by atoms with Gasteiger partial charge >= 0.3 is 0 Å². The van der Waals surface area contributed by atoms with Crippen LogP contribution in [0.15, 0.2) is 24.4 Å². The summed E-state index contributed by atoms with van der Waals surface area (Å²) in [6, 6.07) is 5.67. The van der Waals surface area contributed by atoms with Crippen LogP contribution in [0.1, 0.15) is 36.7 Å². The third-order valence-corrected chi connectivity index (χ3v) is 3.93. The average molecular weight is 312 g/mol. The highest BCUT2D eigenvalue weighted by molar-refractivity contribution is 6.33. The first-order chi connectivity index (χ1) is 9.51. The molecule has 0 saturated heterocycles. The molecule has 1 N–H and O–H groups in total. The van der Waals surface area contributed by atoms with E-state index in [0.29, 0.717) is 5.02 Å². The van der Waals surface area contributed by atoms with E-state index in [1.807, 2.05) is 23.9 Å². The van der Waals surface area contributed by atoms with E-state index in [4.69, 9.17) is 23.2 Å². The quantitative estimate of drug-likeness (QED) is 0.899. The molecule has 5 heteroatoms. The molecule has 0 radical (unpaired) electrons. The predicted molar refractivity (Wildman–Crippen MR) is 84.3 cm³/mol. The van der Waals surface area contributed by atoms with Crippen LogP contribution in [0.5, 0.6) is 0 Å². The van der Waals surface area contributed by atoms with E-state index in [1.54, 1.807) is 6.07 Å². The molecule has 0 aliphatic heterocycles. The molecule has 0 fully saturated rings. The third kappa shape index (κ3) is 3.54. The van der Waals surface area contributed by atoms with Gasteiger partial charge in [-0.25, -0.2) is 0 Å². The molecule has 0 bridgehead atoms. The number of aryl methyl sites for hydroxylation is 2. The molecule has 2 aromatic rings. The van der Waals surface area contributed by atoms with Gasteiger partial charge in [0.2, 0.25) is 0 Å². The number of nitrogens with zero attached hydrogens (tertiary/aromatic N) is 2. The van der Waals surface area contributed by atoms with Crippen LogP contribution in [0, 0.1) is 0 Å². The zero-order chi connectivity index (χ0) is 14.7. The fourth-order valence-corrected chi connectivity index (χ4v) is 2.71. The van der Waals surface area contributed by atoms with Gasteiger partial charge in [-0.2, -0.15) is 5.10 Å². The first-order valence-corrected chi connectivity index (χ1v) is 7.46. The van der Waals surface area contributed by atoms with Crippen molar-refractivity contribution in [2.45, 2.75) is 32.9 Å². The second-order valence-corrected chi connectivity index (χ2v) is 5.74. The van der Waals surface area contributed by atoms with E-state index in [2.05, 4.69) is 30.5 Å². The fraction of sp³-hybridized carbons (Fsp3) is 0.400. The molecule has 3 nitrogen and oxygen atoms in total. The summed E-state index contributed by atoms with van der Waals surface area (Å²) in [6.07, 6.45) is 2.99. The van der Waals surface area contributed by atoms with Gasteiger partial charge in [0.1, 0.15) is 0 Å². The summed E-state index contributed by atoms with van der Waals surface area (Å²) in [5.74, 6) is 0. The summed E-state index contributed by atoms with van der Waals surface area (Å²) in [5.41, 5.74) is 3.37. The lowest BCUT2D eigenvalue weighted by Crippen LogP contribution is -2.18. The molecule has 0 saturated carbocycles. The van der Waals surface area contributed by atoms with Gasteiger partial charge in [0, 0.05) is 41.4 Å². The zero-order valence-electron chi connectivity index (χ0n) is 12.0. The molecule has 108 valence electrons. The second kappa shape index (κ2) is 6.61. The standard InChI is InChI=1S/C15H19Cl2N3/c1-4-15-11(9-20(3)19-15)8-18-10(2)13-7-12(16)5-6-14(13)17/h5-7,9-10,18H,4,8H2,1-3H3/t10-/m0/s1. The highest BCUT2D eigenvalue weighted by Crippen LogP contribution is 2.26. The van der Waals surface area contributed by atoms with E-state index in [1.165, 1.54) is 5.56 Å². The number of hydrogen-bond donors (Lipinski definition) is 1. The predicted octanol–water partition coefficient (Wildman–Crippen LogP) is 4.14. The summed E-state index contributed by atoms with van der Waals surface area (Å²) in [6.45, 7) is 4.96. The van der Waals surface area contributed by atoms with Crippen molar-refractivity contribution >= 4 is 23.2 Å². The van der Waals surface area contributed by atoms with Gasteiger partial charge in [-0.3, -0.25) is 4.68 Å². The molecule has 0 aliphatic carbocycles. The summed E-state index contributed by atoms with van der Waals surface area (Å²) in [7, 11) is 1.94. The van der Waals surface area contributed by atoms with Gasteiger partial charge in [0.15, 0.2) is 0 Å². The Hall–Kier alpha value is -1.03. The maximum atomic E-state index is 6.22. The number of hydrogen-bond acceptors (Lipinski definition) is 2. The van der Waals surface area contributed by atoms with Crippen molar-refractivity contribution in [1.29, 1.82) is 0 Å². The Bertz CT molecular complexity index is 593. The Kier molecular flexibility index (Phi) is 5.08. The van der Waals surface area contributed by atoms with Gasteiger partial charge in [-0.15, -0.1) is 0 Å². The van der Waals surface area contributed by atoms with Crippen molar-refractivity contribution in [3.05, 3.63) is 51.3 Å². The van der Waals surface area contributed by atoms with Gasteiger partial charge in [0.25, 0.3) is 0 Å². The molecule has 20 heavy (non-hydrogen) atoms. The van der Waals surface area contributed by atoms with Crippen LogP contribution in [-0.2, 0) is 20.0 Å². The minimum Gasteiger partial charge on any atom is -0.306 e. The molecule has 0 aliphatic rings. The fourth-order valence-electron chi connectivity index (χ4n) is 2.25. The van der Waals surface area contributed by atoms with E-state index < -0.39 is 0 Å². The Morgan fingerprint density at radius 2 is 2.10 bits per heavy atom. The van der Waals surface area contributed by atoms with E-state index >= 15 is 0 Å². The average Bonchev–Trinajstić information content (AvgIpc) is 2.79. The van der Waals surface area contributed by atoms with Crippen LogP contribution >= 0.6 is 23.2 Å². The van der Waals surface area contributed by atoms with Crippen LogP contribution in [0.2, 0.25) is 10.0 Å². The van der Waals surface area contributed by atoms with Crippen molar-refractivity contribution in [3.8, 4) is 0 Å². The highest BCUT2D eigenvalue weighted by Gasteiger charge is 2.12. The smallest absolute Gasteiger partial charge is 0.0666 e. The Balaban J connectivity index is 2.08. The Morgan fingerprint density at radius 1 is 1.35 bits per heavy atom. The summed E-state index contributed by atoms with van der Waals surface area (Å²) < 4.78 is 1.85. The Labute approximate surface area is 129 Å². The van der Waals surface area contributed by atoms with Crippen LogP contribution in [0.3, 0.4) is 0 Å². The van der Waals surface area contributed by atoms with Crippen molar-refractivity contribution in [2.75, 3.05) is 0 Å². The van der Waals surface area contributed by atoms with Crippen molar-refractivity contribution in [3.63, 3.8) is 0 Å². The first-order valence-electron chi connectivity index (χ1n) is 6.71. The van der Waals surface area contributed by atoms with Crippen molar-refractivity contribution in [2.24, 2.45) is 7.05 Å². The summed E-state index contributed by atoms with van der Waals surface area (Å²) in [5, 5.41) is 9.35. The molecular formula is C15H19Cl2N3. The summed E-state index contributed by atoms with van der Waals surface area (Å²) in [4.78, 5) is 0. The Morgan fingerprint density at radius 3 is 2.80 bits per heavy atom. The van der Waals surface area contributed by atoms with E-state index in [9.17, 15) is 0 Å². The number of aromatic nitrogens is 2. The molecular weight excluding hydrogens is 293 g/mol. The minimum atomic E-state index is 0.131. The highest BCUT2D eigenvalue weighted by atomic mass is 35.5. The number of benzene rings is 1. The SMILES string of the molecule is CCc1nn(C)cc1CN[C@@H](C)c1cc(Cl)ccc1Cl. The zero-order valence-corrected chi connectivity index (χ0v) is 13.5. The maximum absolute atomic E-state index is 6.22. The van der Waals surface area contributed by atoms with Gasteiger partial charge < -0.3 is 5.32 Å². The molecule has 2 rings (SSSR count). The largest absolute Gasteiger partial charge is 0.306 e. The van der Waals surface area contributed by atoms with Crippen LogP contribution in [0.25, 0.3) is 0 Å². The van der Waals surface area contributed by atoms with E-state index in [0.717, 1.165) is 29.2 Å². The monoisotopic (exact) mass is 311 g/mol. The topological polar surface area (TPSA) is 29.9 Å². The van der Waals surface area contributed by atoms with Crippen LogP contribution in [-0.4, -0.2) is 9.78 Å². The van der Waals surface area contributed by atoms with Gasteiger partial charge in [-0.1, -0.05) is 30.1 Å². The molecule has 0 amide bonds. The molecule has 1 atom stereocenters. The summed E-state index contributed by atoms with van der Waals surface area (Å²) >= 11 is 12.2. The maximum Gasteiger partial charge on any atom is 0.0666 e. The van der Waals surface area contributed by atoms with Gasteiger partial charge in [-0.05, 0) is 37.1 Å².